The first-order valence-electron chi connectivity index (χ1n) is 8.65. The normalized spacial score (nSPS) is 28.9. The van der Waals surface area contributed by atoms with Crippen LogP contribution in [0.3, 0.4) is 0 Å². The molecule has 4 aliphatic heterocycles. The van der Waals surface area contributed by atoms with E-state index in [0.717, 1.165) is 35.2 Å². The van der Waals surface area contributed by atoms with E-state index in [2.05, 4.69) is 4.98 Å². The van der Waals surface area contributed by atoms with Gasteiger partial charge < -0.3 is 14.2 Å². The molecule has 1 aromatic heterocycles. The lowest BCUT2D eigenvalue weighted by Crippen LogP contribution is -2.71. The minimum absolute atomic E-state index is 0.0873. The smallest absolute Gasteiger partial charge is 0.359 e. The molecule has 140 valence electrons. The first-order chi connectivity index (χ1) is 13.0. The number of rotatable bonds is 2. The van der Waals surface area contributed by atoms with Crippen LogP contribution in [0.15, 0.2) is 30.4 Å². The molecule has 1 aromatic carbocycles. The van der Waals surface area contributed by atoms with Gasteiger partial charge in [-0.05, 0) is 31.0 Å². The van der Waals surface area contributed by atoms with Crippen LogP contribution in [0.5, 0.6) is 5.19 Å². The van der Waals surface area contributed by atoms with Gasteiger partial charge in [0, 0.05) is 36.2 Å². The number of hydrogen-bond donors (Lipinski definition) is 0. The van der Waals surface area contributed by atoms with Crippen molar-refractivity contribution in [3.63, 3.8) is 0 Å². The van der Waals surface area contributed by atoms with Gasteiger partial charge in [0.25, 0.3) is 5.19 Å². The number of benzene rings is 1. The summed E-state index contributed by atoms with van der Waals surface area (Å²) >= 11 is 7.40. The Labute approximate surface area is 163 Å². The van der Waals surface area contributed by atoms with Crippen LogP contribution in [0.25, 0.3) is 10.2 Å². The van der Waals surface area contributed by atoms with Crippen molar-refractivity contribution in [1.82, 2.24) is 9.88 Å². The van der Waals surface area contributed by atoms with E-state index in [-0.39, 0.29) is 5.92 Å². The van der Waals surface area contributed by atoms with Gasteiger partial charge in [0.05, 0.1) is 10.2 Å². The highest BCUT2D eigenvalue weighted by atomic mass is 35.5. The summed E-state index contributed by atoms with van der Waals surface area (Å²) in [6.07, 6.45) is 3.25. The molecule has 0 saturated carbocycles. The minimum atomic E-state index is -1.56. The lowest BCUT2D eigenvalue weighted by Gasteiger charge is -2.54. The van der Waals surface area contributed by atoms with Crippen LogP contribution >= 0.6 is 22.9 Å². The summed E-state index contributed by atoms with van der Waals surface area (Å²) in [6.45, 7) is 1.33. The Morgan fingerprint density at radius 2 is 1.89 bits per heavy atom. The third-order valence-corrected chi connectivity index (χ3v) is 6.32. The lowest BCUT2D eigenvalue weighted by molar-refractivity contribution is -0.348. The molecule has 0 radical (unpaired) electrons. The second kappa shape index (κ2) is 6.19. The van der Waals surface area contributed by atoms with Crippen molar-refractivity contribution in [3.8, 4) is 5.19 Å². The van der Waals surface area contributed by atoms with Crippen molar-refractivity contribution in [2.24, 2.45) is 5.92 Å². The van der Waals surface area contributed by atoms with Crippen molar-refractivity contribution >= 4 is 45.1 Å². The number of fused-ring (bicyclic) bond motifs is 3. The predicted octanol–water partition coefficient (Wildman–Crippen LogP) is 2.73. The molecule has 1 unspecified atom stereocenters. The highest BCUT2D eigenvalue weighted by molar-refractivity contribution is 7.20. The van der Waals surface area contributed by atoms with Gasteiger partial charge in [-0.2, -0.15) is 0 Å². The summed E-state index contributed by atoms with van der Waals surface area (Å²) in [5, 5.41) is 1.05. The fourth-order valence-electron chi connectivity index (χ4n) is 3.96. The number of aromatic nitrogens is 1. The standard InChI is InChI=1S/C18H15ClN2O5S/c19-11-1-2-12-13(9-11)27-17(20-12)24-16-10-5-7-21(8-6-10)18(16)25-14(22)3-4-15(23)26-18/h1-4,9-10,16H,5-8H2. The van der Waals surface area contributed by atoms with Crippen LogP contribution in [0.1, 0.15) is 12.8 Å². The maximum Gasteiger partial charge on any atom is 0.359 e. The summed E-state index contributed by atoms with van der Waals surface area (Å²) in [5.74, 6) is -2.73. The topological polar surface area (TPSA) is 78.0 Å². The monoisotopic (exact) mass is 406 g/mol. The number of nitrogens with zero attached hydrogens (tertiary/aromatic N) is 2. The Bertz CT molecular complexity index is 946. The second-order valence-electron chi connectivity index (χ2n) is 6.76. The third kappa shape index (κ3) is 2.79. The van der Waals surface area contributed by atoms with E-state index in [1.165, 1.54) is 11.3 Å². The number of ether oxygens (including phenoxy) is 3. The average molecular weight is 407 g/mol. The van der Waals surface area contributed by atoms with Crippen LogP contribution in [0.4, 0.5) is 0 Å². The molecule has 2 aromatic rings. The van der Waals surface area contributed by atoms with E-state index in [1.54, 1.807) is 6.07 Å². The molecule has 0 aliphatic carbocycles. The van der Waals surface area contributed by atoms with Gasteiger partial charge in [0.2, 0.25) is 0 Å². The lowest BCUT2D eigenvalue weighted by atomic mass is 9.82. The maximum atomic E-state index is 12.1. The summed E-state index contributed by atoms with van der Waals surface area (Å²) in [4.78, 5) is 30.6. The van der Waals surface area contributed by atoms with Crippen LogP contribution < -0.4 is 4.74 Å². The number of piperidine rings is 3. The number of halogens is 1. The molecule has 3 fully saturated rings. The van der Waals surface area contributed by atoms with Crippen LogP contribution in [-0.4, -0.2) is 46.9 Å². The number of esters is 2. The van der Waals surface area contributed by atoms with Crippen LogP contribution in [0, 0.1) is 5.92 Å². The number of thiazole rings is 1. The fraction of sp³-hybridized carbons (Fsp3) is 0.389. The molecule has 1 spiro atoms. The molecular weight excluding hydrogens is 392 g/mol. The quantitative estimate of drug-likeness (QED) is 0.709. The highest BCUT2D eigenvalue weighted by Gasteiger charge is 2.62. The molecule has 9 heteroatoms. The zero-order chi connectivity index (χ0) is 18.6. The third-order valence-electron chi connectivity index (χ3n) is 5.18. The minimum Gasteiger partial charge on any atom is -0.456 e. The molecule has 3 saturated heterocycles. The van der Waals surface area contributed by atoms with Gasteiger partial charge in [-0.3, -0.25) is 0 Å². The van der Waals surface area contributed by atoms with Gasteiger partial charge in [-0.1, -0.05) is 22.9 Å². The van der Waals surface area contributed by atoms with E-state index in [4.69, 9.17) is 25.8 Å². The highest BCUT2D eigenvalue weighted by Crippen LogP contribution is 2.45. The number of hydrogen-bond acceptors (Lipinski definition) is 8. The molecule has 6 rings (SSSR count). The van der Waals surface area contributed by atoms with Crippen molar-refractivity contribution in [3.05, 3.63) is 35.4 Å². The average Bonchev–Trinajstić information content (AvgIpc) is 2.98. The molecule has 4 aliphatic rings. The van der Waals surface area contributed by atoms with Crippen molar-refractivity contribution in [1.29, 1.82) is 0 Å². The Balaban J connectivity index is 1.53. The Morgan fingerprint density at radius 3 is 2.59 bits per heavy atom. The molecule has 7 nitrogen and oxygen atoms in total. The Hall–Kier alpha value is -2.16. The van der Waals surface area contributed by atoms with Gasteiger partial charge in [0.1, 0.15) is 0 Å². The molecule has 0 N–H and O–H groups in total. The SMILES string of the molecule is O=C1C=CC(=O)OC2(O1)C(Oc1nc3ccc(Cl)cc3s1)C1CCN2CC1. The van der Waals surface area contributed by atoms with Crippen molar-refractivity contribution < 1.29 is 23.8 Å². The molecule has 2 bridgehead atoms. The van der Waals surface area contributed by atoms with Gasteiger partial charge in [-0.25, -0.2) is 19.5 Å². The molecule has 1 atom stereocenters. The van der Waals surface area contributed by atoms with E-state index in [9.17, 15) is 9.59 Å². The maximum absolute atomic E-state index is 12.1. The zero-order valence-electron chi connectivity index (χ0n) is 14.1. The van der Waals surface area contributed by atoms with Crippen molar-refractivity contribution in [2.75, 3.05) is 13.1 Å². The number of carbonyl (C=O) groups excluding carboxylic acids is 2. The van der Waals surface area contributed by atoms with Gasteiger partial charge in [-0.15, -0.1) is 0 Å². The molecule has 27 heavy (non-hydrogen) atoms. The summed E-state index contributed by atoms with van der Waals surface area (Å²) < 4.78 is 18.3. The van der Waals surface area contributed by atoms with E-state index >= 15 is 0 Å². The molecule has 0 amide bonds. The van der Waals surface area contributed by atoms with Crippen molar-refractivity contribution in [2.45, 2.75) is 24.9 Å². The first kappa shape index (κ1) is 17.0. The summed E-state index contributed by atoms with van der Waals surface area (Å²) in [6, 6.07) is 5.41. The Kier molecular flexibility index (Phi) is 3.89. The fourth-order valence-corrected chi connectivity index (χ4v) is 5.08. The first-order valence-corrected chi connectivity index (χ1v) is 9.85. The molecule has 5 heterocycles. The van der Waals surface area contributed by atoms with Crippen LogP contribution in [0.2, 0.25) is 5.02 Å². The molecular formula is C18H15ClN2O5S. The zero-order valence-corrected chi connectivity index (χ0v) is 15.7. The van der Waals surface area contributed by atoms with E-state index < -0.39 is 24.0 Å². The van der Waals surface area contributed by atoms with Crippen LogP contribution in [-0.2, 0) is 19.1 Å². The number of carbonyl (C=O) groups is 2. The Morgan fingerprint density at radius 1 is 1.19 bits per heavy atom. The van der Waals surface area contributed by atoms with E-state index in [1.807, 2.05) is 17.0 Å². The largest absolute Gasteiger partial charge is 0.456 e. The summed E-state index contributed by atoms with van der Waals surface area (Å²) in [7, 11) is 0. The second-order valence-corrected chi connectivity index (χ2v) is 8.19. The predicted molar refractivity (Wildman–Crippen MR) is 97.4 cm³/mol. The van der Waals surface area contributed by atoms with Gasteiger partial charge in [0.15, 0.2) is 6.10 Å². The van der Waals surface area contributed by atoms with E-state index in [0.29, 0.717) is 23.3 Å². The van der Waals surface area contributed by atoms with Gasteiger partial charge >= 0.3 is 17.8 Å². The summed E-state index contributed by atoms with van der Waals surface area (Å²) in [5.41, 5.74) is 0.770.